The molecule has 0 aromatic heterocycles. The molecule has 0 bridgehead atoms. The lowest BCUT2D eigenvalue weighted by atomic mass is 10.1. The van der Waals surface area contributed by atoms with Gasteiger partial charge in [0.15, 0.2) is 0 Å². The van der Waals surface area contributed by atoms with Crippen LogP contribution in [-0.4, -0.2) is 49.1 Å². The molecule has 62 valence electrons. The van der Waals surface area contributed by atoms with Gasteiger partial charge in [-0.1, -0.05) is 0 Å². The highest BCUT2D eigenvalue weighted by Crippen LogP contribution is 2.45. The van der Waals surface area contributed by atoms with E-state index in [1.807, 2.05) is 0 Å². The lowest BCUT2D eigenvalue weighted by Crippen LogP contribution is -2.57. The highest BCUT2D eigenvalue weighted by atomic mass is 15.3. The summed E-state index contributed by atoms with van der Waals surface area (Å²) in [6.45, 7) is 5.48. The van der Waals surface area contributed by atoms with Crippen molar-refractivity contribution in [2.75, 3.05) is 33.2 Å². The zero-order valence-corrected chi connectivity index (χ0v) is 7.16. The number of rotatable bonds is 1. The zero-order chi connectivity index (χ0) is 7.42. The van der Waals surface area contributed by atoms with Crippen LogP contribution in [0.3, 0.4) is 0 Å². The predicted octanol–water partition coefficient (Wildman–Crippen LogP) is 0.252. The van der Waals surface area contributed by atoms with Crippen molar-refractivity contribution in [3.8, 4) is 0 Å². The second-order valence-electron chi connectivity index (χ2n) is 4.58. The average Bonchev–Trinajstić information content (AvgIpc) is 2.53. The van der Waals surface area contributed by atoms with E-state index in [-0.39, 0.29) is 0 Å². The molecule has 3 rings (SSSR count). The first kappa shape index (κ1) is 6.44. The van der Waals surface area contributed by atoms with Crippen LogP contribution >= 0.6 is 0 Å². The van der Waals surface area contributed by atoms with E-state index in [2.05, 4.69) is 16.8 Å². The van der Waals surface area contributed by atoms with Crippen molar-refractivity contribution in [1.82, 2.24) is 9.80 Å². The molecule has 2 unspecified atom stereocenters. The number of hydrogen-bond acceptors (Lipinski definition) is 2. The summed E-state index contributed by atoms with van der Waals surface area (Å²) in [6.07, 6.45) is 1.54. The van der Waals surface area contributed by atoms with Crippen LogP contribution in [0.1, 0.15) is 6.42 Å². The molecule has 2 heteroatoms. The summed E-state index contributed by atoms with van der Waals surface area (Å²) in [5.74, 6) is 2.22. The number of nitrogens with zero attached hydrogens (tertiary/aromatic N) is 2. The third-order valence-electron chi connectivity index (χ3n) is 3.57. The van der Waals surface area contributed by atoms with Gasteiger partial charge in [0.2, 0.25) is 0 Å². The Kier molecular flexibility index (Phi) is 1.16. The Hall–Kier alpha value is -0.0800. The van der Waals surface area contributed by atoms with Crippen molar-refractivity contribution in [3.63, 3.8) is 0 Å². The minimum atomic E-state index is 0.924. The summed E-state index contributed by atoms with van der Waals surface area (Å²) in [5.41, 5.74) is 0. The van der Waals surface area contributed by atoms with Crippen LogP contribution in [-0.2, 0) is 0 Å². The highest BCUT2D eigenvalue weighted by Gasteiger charge is 2.48. The highest BCUT2D eigenvalue weighted by molar-refractivity contribution is 5.01. The van der Waals surface area contributed by atoms with Gasteiger partial charge < -0.3 is 4.90 Å². The summed E-state index contributed by atoms with van der Waals surface area (Å²) >= 11 is 0. The van der Waals surface area contributed by atoms with Crippen molar-refractivity contribution >= 4 is 0 Å². The van der Waals surface area contributed by atoms with Gasteiger partial charge in [-0.15, -0.1) is 0 Å². The zero-order valence-electron chi connectivity index (χ0n) is 7.16. The molecular formula is C9H16N2. The van der Waals surface area contributed by atoms with Gasteiger partial charge in [-0.05, 0) is 25.3 Å². The average molecular weight is 152 g/mol. The van der Waals surface area contributed by atoms with Crippen molar-refractivity contribution in [3.05, 3.63) is 0 Å². The molecule has 3 aliphatic rings. The van der Waals surface area contributed by atoms with E-state index in [4.69, 9.17) is 0 Å². The number of likely N-dealkylation sites (tertiary alicyclic amines) is 2. The van der Waals surface area contributed by atoms with Crippen LogP contribution in [0.4, 0.5) is 0 Å². The molecule has 0 amide bonds. The fraction of sp³-hybridized carbons (Fsp3) is 1.00. The summed E-state index contributed by atoms with van der Waals surface area (Å²) in [5, 5.41) is 0. The normalized spacial score (nSPS) is 45.5. The third-order valence-corrected chi connectivity index (χ3v) is 3.57. The van der Waals surface area contributed by atoms with Crippen LogP contribution in [0.15, 0.2) is 0 Å². The molecule has 0 radical (unpaired) electrons. The molecular weight excluding hydrogens is 136 g/mol. The number of likely N-dealkylation sites (N-methyl/N-ethyl adjacent to an activating group) is 1. The van der Waals surface area contributed by atoms with E-state index < -0.39 is 0 Å². The quantitative estimate of drug-likeness (QED) is 0.531. The van der Waals surface area contributed by atoms with Crippen molar-refractivity contribution < 1.29 is 0 Å². The van der Waals surface area contributed by atoms with Crippen LogP contribution in [0.2, 0.25) is 0 Å². The second kappa shape index (κ2) is 1.99. The molecule has 2 heterocycles. The molecule has 2 aliphatic heterocycles. The van der Waals surface area contributed by atoms with Gasteiger partial charge in [0.05, 0.1) is 0 Å². The number of piperidine rings is 1. The maximum Gasteiger partial charge on any atom is 0.0350 e. The maximum atomic E-state index is 2.71. The lowest BCUT2D eigenvalue weighted by molar-refractivity contribution is 0.0613. The van der Waals surface area contributed by atoms with E-state index in [1.165, 1.54) is 26.2 Å². The molecule has 1 saturated carbocycles. The Labute approximate surface area is 68.2 Å². The van der Waals surface area contributed by atoms with Crippen molar-refractivity contribution in [2.24, 2.45) is 11.8 Å². The predicted molar refractivity (Wildman–Crippen MR) is 44.5 cm³/mol. The summed E-state index contributed by atoms with van der Waals surface area (Å²) < 4.78 is 0. The SMILES string of the molecule is CN1CC(N2CC3CC3C2)C1. The lowest BCUT2D eigenvalue weighted by Gasteiger charge is -2.42. The van der Waals surface area contributed by atoms with E-state index in [0.29, 0.717) is 0 Å². The molecule has 1 aliphatic carbocycles. The molecule has 2 saturated heterocycles. The van der Waals surface area contributed by atoms with Gasteiger partial charge in [-0.2, -0.15) is 0 Å². The smallest absolute Gasteiger partial charge is 0.0350 e. The molecule has 0 aromatic carbocycles. The van der Waals surface area contributed by atoms with E-state index >= 15 is 0 Å². The van der Waals surface area contributed by atoms with Gasteiger partial charge in [0.1, 0.15) is 0 Å². The van der Waals surface area contributed by atoms with Crippen molar-refractivity contribution in [1.29, 1.82) is 0 Å². The second-order valence-corrected chi connectivity index (χ2v) is 4.58. The maximum absolute atomic E-state index is 2.71. The van der Waals surface area contributed by atoms with Crippen molar-refractivity contribution in [2.45, 2.75) is 12.5 Å². The Balaban J connectivity index is 1.57. The molecule has 2 atom stereocenters. The standard InChI is InChI=1S/C9H16N2/c1-10-5-9(6-10)11-3-7-2-8(7)4-11/h7-9H,2-6H2,1H3. The Bertz CT molecular complexity index is 164. The van der Waals surface area contributed by atoms with Crippen LogP contribution in [0, 0.1) is 11.8 Å². The number of hydrogen-bond donors (Lipinski definition) is 0. The van der Waals surface area contributed by atoms with Gasteiger partial charge in [-0.3, -0.25) is 4.90 Å². The third kappa shape index (κ3) is 0.926. The minimum Gasteiger partial charge on any atom is -0.303 e. The van der Waals surface area contributed by atoms with Gasteiger partial charge in [0.25, 0.3) is 0 Å². The fourth-order valence-corrected chi connectivity index (χ4v) is 2.63. The van der Waals surface area contributed by atoms with Crippen LogP contribution in [0.25, 0.3) is 0 Å². The van der Waals surface area contributed by atoms with E-state index in [1.54, 1.807) is 6.42 Å². The summed E-state index contributed by atoms with van der Waals surface area (Å²) in [7, 11) is 2.22. The molecule has 11 heavy (non-hydrogen) atoms. The van der Waals surface area contributed by atoms with Gasteiger partial charge in [-0.25, -0.2) is 0 Å². The largest absolute Gasteiger partial charge is 0.303 e. The first-order valence-corrected chi connectivity index (χ1v) is 4.75. The Morgan fingerprint density at radius 3 is 2.18 bits per heavy atom. The van der Waals surface area contributed by atoms with Gasteiger partial charge in [0, 0.05) is 32.2 Å². The molecule has 0 spiro atoms. The molecule has 3 fully saturated rings. The summed E-state index contributed by atoms with van der Waals surface area (Å²) in [6, 6.07) is 0.924. The molecule has 0 N–H and O–H groups in total. The molecule has 0 aromatic rings. The van der Waals surface area contributed by atoms with Crippen LogP contribution in [0.5, 0.6) is 0 Å². The topological polar surface area (TPSA) is 6.48 Å². The summed E-state index contributed by atoms with van der Waals surface area (Å²) in [4.78, 5) is 5.12. The Morgan fingerprint density at radius 2 is 1.64 bits per heavy atom. The minimum absolute atomic E-state index is 0.924. The van der Waals surface area contributed by atoms with E-state index in [9.17, 15) is 0 Å². The Morgan fingerprint density at radius 1 is 1.00 bits per heavy atom. The van der Waals surface area contributed by atoms with E-state index in [0.717, 1.165) is 17.9 Å². The van der Waals surface area contributed by atoms with Crippen LogP contribution < -0.4 is 0 Å². The fourth-order valence-electron chi connectivity index (χ4n) is 2.63. The monoisotopic (exact) mass is 152 g/mol. The molecule has 2 nitrogen and oxygen atoms in total. The first-order chi connectivity index (χ1) is 5.33. The first-order valence-electron chi connectivity index (χ1n) is 4.75. The van der Waals surface area contributed by atoms with Gasteiger partial charge >= 0.3 is 0 Å². The number of fused-ring (bicyclic) bond motifs is 1.